The number of likely N-dealkylation sites (tertiary alicyclic amines) is 1. The molecule has 34 heavy (non-hydrogen) atoms. The van der Waals surface area contributed by atoms with Crippen LogP contribution in [0.2, 0.25) is 0 Å². The minimum Gasteiger partial charge on any atom is -0.366 e. The summed E-state index contributed by atoms with van der Waals surface area (Å²) in [6.45, 7) is 9.36. The van der Waals surface area contributed by atoms with Crippen LogP contribution in [0.25, 0.3) is 5.69 Å². The van der Waals surface area contributed by atoms with Crippen LogP contribution in [-0.4, -0.2) is 59.2 Å². The van der Waals surface area contributed by atoms with Crippen molar-refractivity contribution in [2.45, 2.75) is 52.5 Å². The van der Waals surface area contributed by atoms with E-state index in [1.807, 2.05) is 44.2 Å². The minimum absolute atomic E-state index is 0.0308. The van der Waals surface area contributed by atoms with E-state index in [2.05, 4.69) is 15.1 Å². The van der Waals surface area contributed by atoms with E-state index in [1.54, 1.807) is 4.57 Å². The molecule has 2 aliphatic heterocycles. The number of para-hydroxylation sites is 1. The van der Waals surface area contributed by atoms with Crippen molar-refractivity contribution in [1.29, 1.82) is 0 Å². The lowest BCUT2D eigenvalue weighted by atomic mass is 9.95. The molecule has 0 aliphatic carbocycles. The van der Waals surface area contributed by atoms with E-state index < -0.39 is 0 Å². The number of nitrogens with zero attached hydrogens (tertiary/aromatic N) is 4. The number of carbonyl (C=O) groups excluding carboxylic acids is 1. The van der Waals surface area contributed by atoms with Gasteiger partial charge in [-0.2, -0.15) is 0 Å². The van der Waals surface area contributed by atoms with Crippen molar-refractivity contribution < 1.29 is 4.79 Å². The monoisotopic (exact) mass is 467 g/mol. The van der Waals surface area contributed by atoms with Crippen molar-refractivity contribution in [3.8, 4) is 5.69 Å². The number of anilines is 1. The van der Waals surface area contributed by atoms with Gasteiger partial charge in [0.1, 0.15) is 5.69 Å². The summed E-state index contributed by atoms with van der Waals surface area (Å²) < 4.78 is 2.92. The molecule has 0 spiro atoms. The number of hydrogen-bond donors (Lipinski definition) is 1. The first kappa shape index (κ1) is 24.3. The largest absolute Gasteiger partial charge is 0.366 e. The first-order valence-electron chi connectivity index (χ1n) is 12.7. The number of amides is 1. The molecule has 1 amide bonds. The highest BCUT2D eigenvalue weighted by atomic mass is 16.2. The number of piperidine rings is 1. The Hall–Kier alpha value is -2.87. The molecule has 1 aromatic carbocycles. The Morgan fingerprint density at radius 2 is 1.71 bits per heavy atom. The second kappa shape index (κ2) is 11.0. The van der Waals surface area contributed by atoms with Gasteiger partial charge in [0.15, 0.2) is 0 Å². The average Bonchev–Trinajstić information content (AvgIpc) is 3.37. The van der Waals surface area contributed by atoms with Crippen LogP contribution in [0.5, 0.6) is 0 Å². The zero-order chi connectivity index (χ0) is 24.1. The summed E-state index contributed by atoms with van der Waals surface area (Å²) in [6, 6.07) is 9.43. The highest BCUT2D eigenvalue weighted by Crippen LogP contribution is 2.24. The van der Waals surface area contributed by atoms with Gasteiger partial charge in [0.2, 0.25) is 5.91 Å². The van der Waals surface area contributed by atoms with Gasteiger partial charge in [0, 0.05) is 32.1 Å². The summed E-state index contributed by atoms with van der Waals surface area (Å²) in [5.41, 5.74) is 1.40. The fraction of sp³-hybridized carbons (Fsp3) is 0.577. The van der Waals surface area contributed by atoms with E-state index >= 15 is 0 Å². The Bertz CT molecular complexity index is 1090. The van der Waals surface area contributed by atoms with Gasteiger partial charge >= 0.3 is 5.69 Å². The molecule has 0 atom stereocenters. The van der Waals surface area contributed by atoms with Crippen LogP contribution in [0, 0.1) is 12.8 Å². The van der Waals surface area contributed by atoms with Gasteiger partial charge in [0.25, 0.3) is 5.56 Å². The Labute approximate surface area is 201 Å². The number of carbonyl (C=O) groups is 1. The van der Waals surface area contributed by atoms with Crippen LogP contribution >= 0.6 is 0 Å². The number of rotatable bonds is 8. The Morgan fingerprint density at radius 1 is 1.03 bits per heavy atom. The van der Waals surface area contributed by atoms with Crippen LogP contribution in [-0.2, 0) is 11.3 Å². The third-order valence-corrected chi connectivity index (χ3v) is 7.21. The molecule has 4 rings (SSSR count). The van der Waals surface area contributed by atoms with Crippen molar-refractivity contribution in [3.63, 3.8) is 0 Å². The molecule has 184 valence electrons. The lowest BCUT2D eigenvalue weighted by Gasteiger charge is -2.34. The predicted molar refractivity (Wildman–Crippen MR) is 135 cm³/mol. The Kier molecular flexibility index (Phi) is 7.88. The van der Waals surface area contributed by atoms with E-state index in [0.717, 1.165) is 25.2 Å². The molecular formula is C26H37N5O3. The van der Waals surface area contributed by atoms with E-state index in [-0.39, 0.29) is 23.1 Å². The summed E-state index contributed by atoms with van der Waals surface area (Å²) in [6.07, 6.45) is 4.97. The molecule has 0 bridgehead atoms. The molecule has 8 nitrogen and oxygen atoms in total. The maximum Gasteiger partial charge on any atom is 0.335 e. The molecule has 2 aliphatic rings. The third-order valence-electron chi connectivity index (χ3n) is 7.21. The fourth-order valence-corrected chi connectivity index (χ4v) is 5.29. The highest BCUT2D eigenvalue weighted by Gasteiger charge is 2.29. The number of aromatic nitrogens is 2. The van der Waals surface area contributed by atoms with Crippen LogP contribution in [0.4, 0.5) is 5.69 Å². The molecule has 1 aromatic heterocycles. The van der Waals surface area contributed by atoms with Gasteiger partial charge in [-0.3, -0.25) is 18.7 Å². The molecular weight excluding hydrogens is 430 g/mol. The van der Waals surface area contributed by atoms with Crippen molar-refractivity contribution in [1.82, 2.24) is 19.4 Å². The summed E-state index contributed by atoms with van der Waals surface area (Å²) in [5.74, 6) is 0.0924. The molecule has 8 heteroatoms. The van der Waals surface area contributed by atoms with Crippen molar-refractivity contribution in [2.24, 2.45) is 5.92 Å². The van der Waals surface area contributed by atoms with Crippen molar-refractivity contribution in [3.05, 3.63) is 56.9 Å². The lowest BCUT2D eigenvalue weighted by molar-refractivity contribution is -0.125. The van der Waals surface area contributed by atoms with Gasteiger partial charge in [-0.15, -0.1) is 0 Å². The summed E-state index contributed by atoms with van der Waals surface area (Å²) in [4.78, 5) is 43.5. The highest BCUT2D eigenvalue weighted by molar-refractivity contribution is 5.79. The second-order valence-corrected chi connectivity index (χ2v) is 9.39. The van der Waals surface area contributed by atoms with E-state index in [1.165, 1.54) is 30.5 Å². The molecule has 3 heterocycles. The third kappa shape index (κ3) is 5.12. The molecule has 2 fully saturated rings. The van der Waals surface area contributed by atoms with Gasteiger partial charge in [-0.1, -0.05) is 18.2 Å². The maximum atomic E-state index is 13.2. The Balaban J connectivity index is 1.43. The number of hydrogen-bond acceptors (Lipinski definition) is 5. The van der Waals surface area contributed by atoms with Crippen molar-refractivity contribution in [2.75, 3.05) is 44.2 Å². The SMILES string of the molecule is CCn1c(=O)c(N2CCC(C(=O)NCCCN3CCCC3)CC2)c(C)n(-c2ccccc2)c1=O. The smallest absolute Gasteiger partial charge is 0.335 e. The summed E-state index contributed by atoms with van der Waals surface area (Å²) in [7, 11) is 0. The van der Waals surface area contributed by atoms with Gasteiger partial charge in [-0.05, 0) is 77.7 Å². The van der Waals surface area contributed by atoms with Crippen LogP contribution in [0.3, 0.4) is 0 Å². The molecule has 0 unspecified atom stereocenters. The first-order valence-corrected chi connectivity index (χ1v) is 12.7. The number of benzene rings is 1. The number of nitrogens with one attached hydrogen (secondary N) is 1. The first-order chi connectivity index (χ1) is 16.5. The van der Waals surface area contributed by atoms with Crippen LogP contribution in [0.1, 0.15) is 44.7 Å². The Morgan fingerprint density at radius 3 is 2.35 bits per heavy atom. The quantitative estimate of drug-likeness (QED) is 0.602. The molecule has 0 radical (unpaired) electrons. The fourth-order valence-electron chi connectivity index (χ4n) is 5.29. The normalized spacial score (nSPS) is 17.3. The van der Waals surface area contributed by atoms with E-state index in [0.29, 0.717) is 43.9 Å². The molecule has 2 saturated heterocycles. The van der Waals surface area contributed by atoms with E-state index in [4.69, 9.17) is 0 Å². The van der Waals surface area contributed by atoms with Gasteiger partial charge in [0.05, 0.1) is 11.4 Å². The standard InChI is InChI=1S/C26H37N5O3/c1-3-30-25(33)23(20(2)31(26(30)34)22-10-5-4-6-11-22)29-18-12-21(13-19-29)24(32)27-14-9-17-28-15-7-8-16-28/h4-6,10-11,21H,3,7-9,12-19H2,1-2H3,(H,27,32). The topological polar surface area (TPSA) is 79.6 Å². The van der Waals surface area contributed by atoms with Crippen LogP contribution < -0.4 is 21.5 Å². The second-order valence-electron chi connectivity index (χ2n) is 9.39. The molecule has 0 saturated carbocycles. The average molecular weight is 468 g/mol. The molecule has 1 N–H and O–H groups in total. The maximum absolute atomic E-state index is 13.2. The van der Waals surface area contributed by atoms with Crippen molar-refractivity contribution >= 4 is 11.6 Å². The van der Waals surface area contributed by atoms with Gasteiger partial charge in [-0.25, -0.2) is 4.79 Å². The lowest BCUT2D eigenvalue weighted by Crippen LogP contribution is -2.47. The summed E-state index contributed by atoms with van der Waals surface area (Å²) >= 11 is 0. The zero-order valence-corrected chi connectivity index (χ0v) is 20.5. The predicted octanol–water partition coefficient (Wildman–Crippen LogP) is 2.15. The van der Waals surface area contributed by atoms with E-state index in [9.17, 15) is 14.4 Å². The van der Waals surface area contributed by atoms with Gasteiger partial charge < -0.3 is 15.1 Å². The summed E-state index contributed by atoms with van der Waals surface area (Å²) in [5, 5.41) is 3.11. The zero-order valence-electron chi connectivity index (χ0n) is 20.5. The van der Waals surface area contributed by atoms with Crippen LogP contribution in [0.15, 0.2) is 39.9 Å². The molecule has 2 aromatic rings. The minimum atomic E-state index is -0.317.